The maximum atomic E-state index is 11.4. The SMILES string of the molecule is O=CC[C@@H]1CCC(n2ccc(=O)[nH]c2=O)O1. The third kappa shape index (κ3) is 2.11. The van der Waals surface area contributed by atoms with Crippen LogP contribution in [-0.2, 0) is 9.53 Å². The van der Waals surface area contributed by atoms with Crippen molar-refractivity contribution in [2.24, 2.45) is 0 Å². The number of nitrogens with one attached hydrogen (secondary N) is 1. The molecule has 86 valence electrons. The van der Waals surface area contributed by atoms with Crippen LogP contribution in [0.4, 0.5) is 0 Å². The number of aromatic nitrogens is 2. The maximum Gasteiger partial charge on any atom is 0.330 e. The van der Waals surface area contributed by atoms with Gasteiger partial charge in [0.05, 0.1) is 6.10 Å². The lowest BCUT2D eigenvalue weighted by Crippen LogP contribution is -2.31. The summed E-state index contributed by atoms with van der Waals surface area (Å²) in [4.78, 5) is 34.8. The molecule has 0 bridgehead atoms. The molecule has 0 saturated carbocycles. The van der Waals surface area contributed by atoms with Crippen LogP contribution in [0.3, 0.4) is 0 Å². The number of aromatic amines is 1. The van der Waals surface area contributed by atoms with Crippen molar-refractivity contribution in [2.45, 2.75) is 31.6 Å². The summed E-state index contributed by atoms with van der Waals surface area (Å²) in [5, 5.41) is 0. The molecule has 1 aliphatic rings. The van der Waals surface area contributed by atoms with E-state index in [9.17, 15) is 14.4 Å². The molecule has 6 heteroatoms. The van der Waals surface area contributed by atoms with Gasteiger partial charge < -0.3 is 9.53 Å². The first-order chi connectivity index (χ1) is 7.70. The zero-order valence-electron chi connectivity index (χ0n) is 8.59. The number of hydrogen-bond acceptors (Lipinski definition) is 4. The van der Waals surface area contributed by atoms with E-state index in [4.69, 9.17) is 4.74 Å². The van der Waals surface area contributed by atoms with Crippen molar-refractivity contribution in [2.75, 3.05) is 0 Å². The predicted octanol–water partition coefficient (Wildman–Crippen LogP) is -0.197. The van der Waals surface area contributed by atoms with Crippen molar-refractivity contribution < 1.29 is 9.53 Å². The number of carbonyl (C=O) groups is 1. The molecule has 1 saturated heterocycles. The maximum absolute atomic E-state index is 11.4. The van der Waals surface area contributed by atoms with Crippen LogP contribution in [0.5, 0.6) is 0 Å². The van der Waals surface area contributed by atoms with Gasteiger partial charge >= 0.3 is 5.69 Å². The number of hydrogen-bond donors (Lipinski definition) is 1. The van der Waals surface area contributed by atoms with Gasteiger partial charge in [-0.25, -0.2) is 4.79 Å². The summed E-state index contributed by atoms with van der Waals surface area (Å²) in [5.74, 6) is 0. The first-order valence-electron chi connectivity index (χ1n) is 5.11. The fourth-order valence-electron chi connectivity index (χ4n) is 1.83. The molecule has 2 rings (SSSR count). The number of aldehydes is 1. The monoisotopic (exact) mass is 224 g/mol. The highest BCUT2D eigenvalue weighted by Gasteiger charge is 2.26. The van der Waals surface area contributed by atoms with Crippen LogP contribution in [0.25, 0.3) is 0 Å². The van der Waals surface area contributed by atoms with E-state index in [1.165, 1.54) is 16.8 Å². The molecule has 1 unspecified atom stereocenters. The molecule has 0 spiro atoms. The van der Waals surface area contributed by atoms with Gasteiger partial charge in [-0.3, -0.25) is 14.3 Å². The fraction of sp³-hybridized carbons (Fsp3) is 0.500. The highest BCUT2D eigenvalue weighted by molar-refractivity contribution is 5.50. The minimum atomic E-state index is -0.482. The van der Waals surface area contributed by atoms with Gasteiger partial charge in [0.2, 0.25) is 0 Å². The summed E-state index contributed by atoms with van der Waals surface area (Å²) in [6, 6.07) is 1.28. The average Bonchev–Trinajstić information content (AvgIpc) is 2.67. The lowest BCUT2D eigenvalue weighted by molar-refractivity contribution is -0.110. The van der Waals surface area contributed by atoms with Crippen LogP contribution in [-0.4, -0.2) is 21.9 Å². The molecule has 2 heterocycles. The zero-order valence-corrected chi connectivity index (χ0v) is 8.59. The number of H-pyrrole nitrogens is 1. The second-order valence-corrected chi connectivity index (χ2v) is 3.71. The second kappa shape index (κ2) is 4.44. The molecule has 1 fully saturated rings. The van der Waals surface area contributed by atoms with E-state index in [0.29, 0.717) is 12.8 Å². The van der Waals surface area contributed by atoms with Gasteiger partial charge in [0, 0.05) is 18.7 Å². The molecule has 1 N–H and O–H groups in total. The average molecular weight is 224 g/mol. The van der Waals surface area contributed by atoms with E-state index in [2.05, 4.69) is 4.98 Å². The third-order valence-electron chi connectivity index (χ3n) is 2.61. The number of nitrogens with zero attached hydrogens (tertiary/aromatic N) is 1. The minimum absolute atomic E-state index is 0.124. The van der Waals surface area contributed by atoms with Crippen molar-refractivity contribution in [3.63, 3.8) is 0 Å². The summed E-state index contributed by atoms with van der Waals surface area (Å²) >= 11 is 0. The second-order valence-electron chi connectivity index (χ2n) is 3.71. The van der Waals surface area contributed by atoms with Crippen molar-refractivity contribution in [1.29, 1.82) is 0 Å². The van der Waals surface area contributed by atoms with Crippen LogP contribution in [0.1, 0.15) is 25.5 Å². The Kier molecular flexibility index (Phi) is 3.00. The molecule has 1 aromatic rings. The van der Waals surface area contributed by atoms with E-state index in [1.54, 1.807) is 0 Å². The number of ether oxygens (including phenoxy) is 1. The highest BCUT2D eigenvalue weighted by atomic mass is 16.5. The van der Waals surface area contributed by atoms with Gasteiger partial charge in [0.1, 0.15) is 12.5 Å². The Hall–Kier alpha value is -1.69. The largest absolute Gasteiger partial charge is 0.354 e. The predicted molar refractivity (Wildman–Crippen MR) is 55.1 cm³/mol. The van der Waals surface area contributed by atoms with E-state index in [0.717, 1.165) is 12.7 Å². The van der Waals surface area contributed by atoms with Crippen molar-refractivity contribution in [3.8, 4) is 0 Å². The number of carbonyl (C=O) groups excluding carboxylic acids is 1. The fourth-order valence-corrected chi connectivity index (χ4v) is 1.83. The molecular weight excluding hydrogens is 212 g/mol. The number of rotatable bonds is 3. The molecule has 6 nitrogen and oxygen atoms in total. The molecule has 2 atom stereocenters. The summed E-state index contributed by atoms with van der Waals surface area (Å²) in [6.45, 7) is 0. The third-order valence-corrected chi connectivity index (χ3v) is 2.61. The van der Waals surface area contributed by atoms with Gasteiger partial charge in [0.15, 0.2) is 0 Å². The molecule has 0 aromatic carbocycles. The summed E-state index contributed by atoms with van der Waals surface area (Å²) < 4.78 is 6.86. The van der Waals surface area contributed by atoms with Crippen LogP contribution >= 0.6 is 0 Å². The Labute approximate surface area is 90.9 Å². The van der Waals surface area contributed by atoms with Crippen LogP contribution in [0, 0.1) is 0 Å². The molecule has 0 amide bonds. The Morgan fingerprint density at radius 3 is 3.00 bits per heavy atom. The Balaban J connectivity index is 2.17. The molecule has 0 radical (unpaired) electrons. The van der Waals surface area contributed by atoms with Crippen molar-refractivity contribution in [1.82, 2.24) is 9.55 Å². The van der Waals surface area contributed by atoms with Crippen LogP contribution in [0.15, 0.2) is 21.9 Å². The van der Waals surface area contributed by atoms with E-state index in [1.807, 2.05) is 0 Å². The molecule has 16 heavy (non-hydrogen) atoms. The molecular formula is C10H12N2O4. The van der Waals surface area contributed by atoms with E-state index < -0.39 is 11.2 Å². The lowest BCUT2D eigenvalue weighted by atomic mass is 10.2. The van der Waals surface area contributed by atoms with Gasteiger partial charge in [0.25, 0.3) is 5.56 Å². The van der Waals surface area contributed by atoms with Gasteiger partial charge in [-0.1, -0.05) is 0 Å². The Bertz CT molecular complexity index is 490. The van der Waals surface area contributed by atoms with Gasteiger partial charge in [-0.05, 0) is 12.8 Å². The standard InChI is InChI=1S/C10H12N2O4/c13-6-4-7-1-2-9(16-7)12-5-3-8(14)11-10(12)15/h3,5-7,9H,1-2,4H2,(H,11,14,15)/t7-,9?/m0/s1. The normalized spacial score (nSPS) is 24.5. The Morgan fingerprint density at radius 1 is 1.50 bits per heavy atom. The van der Waals surface area contributed by atoms with Gasteiger partial charge in [-0.2, -0.15) is 0 Å². The van der Waals surface area contributed by atoms with E-state index in [-0.39, 0.29) is 12.3 Å². The van der Waals surface area contributed by atoms with Crippen LogP contribution < -0.4 is 11.2 Å². The van der Waals surface area contributed by atoms with Crippen molar-refractivity contribution in [3.05, 3.63) is 33.1 Å². The zero-order chi connectivity index (χ0) is 11.5. The summed E-state index contributed by atoms with van der Waals surface area (Å²) in [7, 11) is 0. The minimum Gasteiger partial charge on any atom is -0.354 e. The quantitative estimate of drug-likeness (QED) is 0.721. The lowest BCUT2D eigenvalue weighted by Gasteiger charge is -2.13. The van der Waals surface area contributed by atoms with Gasteiger partial charge in [-0.15, -0.1) is 0 Å². The highest BCUT2D eigenvalue weighted by Crippen LogP contribution is 2.27. The Morgan fingerprint density at radius 2 is 2.31 bits per heavy atom. The summed E-state index contributed by atoms with van der Waals surface area (Å²) in [5.41, 5.74) is -0.909. The van der Waals surface area contributed by atoms with E-state index >= 15 is 0 Å². The van der Waals surface area contributed by atoms with Crippen molar-refractivity contribution >= 4 is 6.29 Å². The molecule has 1 aliphatic heterocycles. The van der Waals surface area contributed by atoms with Crippen LogP contribution in [0.2, 0.25) is 0 Å². The molecule has 1 aromatic heterocycles. The summed E-state index contributed by atoms with van der Waals surface area (Å²) in [6.07, 6.45) is 3.47. The molecule has 0 aliphatic carbocycles. The smallest absolute Gasteiger partial charge is 0.330 e. The first kappa shape index (κ1) is 10.8. The first-order valence-corrected chi connectivity index (χ1v) is 5.11. The topological polar surface area (TPSA) is 81.2 Å².